The van der Waals surface area contributed by atoms with Crippen LogP contribution in [0.3, 0.4) is 0 Å². The van der Waals surface area contributed by atoms with E-state index in [-0.39, 0.29) is 5.56 Å². The van der Waals surface area contributed by atoms with Crippen LogP contribution in [0.5, 0.6) is 17.4 Å². The number of aromatic amines is 1. The fourth-order valence-electron chi connectivity index (χ4n) is 2.02. The highest BCUT2D eigenvalue weighted by atomic mass is 16.5. The van der Waals surface area contributed by atoms with Crippen LogP contribution in [0.25, 0.3) is 11.0 Å². The highest BCUT2D eigenvalue weighted by Gasteiger charge is 2.17. The minimum Gasteiger partial charge on any atom is -0.497 e. The second kappa shape index (κ2) is 5.72. The normalized spacial score (nSPS) is 10.5. The van der Waals surface area contributed by atoms with Gasteiger partial charge < -0.3 is 19.2 Å². The van der Waals surface area contributed by atoms with E-state index in [4.69, 9.17) is 14.2 Å². The van der Waals surface area contributed by atoms with Gasteiger partial charge in [0.1, 0.15) is 28.9 Å². The van der Waals surface area contributed by atoms with Crippen LogP contribution in [-0.4, -0.2) is 35.1 Å². The van der Waals surface area contributed by atoms with Crippen molar-refractivity contribution in [2.75, 3.05) is 14.2 Å². The Hall–Kier alpha value is -3.09. The van der Waals surface area contributed by atoms with Gasteiger partial charge in [-0.2, -0.15) is 4.98 Å². The minimum atomic E-state index is -0.523. The molecule has 0 unspecified atom stereocenters. The molecule has 0 aliphatic rings. The molecule has 112 valence electrons. The van der Waals surface area contributed by atoms with Gasteiger partial charge >= 0.3 is 5.97 Å². The zero-order chi connectivity index (χ0) is 15.5. The number of fused-ring (bicyclic) bond motifs is 1. The van der Waals surface area contributed by atoms with Gasteiger partial charge in [-0.25, -0.2) is 9.78 Å². The van der Waals surface area contributed by atoms with E-state index in [1.165, 1.54) is 20.5 Å². The van der Waals surface area contributed by atoms with Crippen molar-refractivity contribution in [3.8, 4) is 17.4 Å². The molecule has 3 aromatic rings. The van der Waals surface area contributed by atoms with E-state index < -0.39 is 5.97 Å². The van der Waals surface area contributed by atoms with Gasteiger partial charge in [0.2, 0.25) is 5.88 Å². The van der Waals surface area contributed by atoms with Crippen molar-refractivity contribution < 1.29 is 19.0 Å². The van der Waals surface area contributed by atoms with Gasteiger partial charge in [0.05, 0.1) is 19.7 Å². The van der Waals surface area contributed by atoms with Gasteiger partial charge in [0.15, 0.2) is 0 Å². The van der Waals surface area contributed by atoms with Crippen molar-refractivity contribution in [3.05, 3.63) is 42.4 Å². The van der Waals surface area contributed by atoms with E-state index in [9.17, 15) is 4.79 Å². The molecule has 0 fully saturated rings. The number of methoxy groups -OCH3 is 2. The highest BCUT2D eigenvalue weighted by molar-refractivity contribution is 5.93. The van der Waals surface area contributed by atoms with Crippen molar-refractivity contribution >= 4 is 17.0 Å². The summed E-state index contributed by atoms with van der Waals surface area (Å²) in [6, 6.07) is 6.67. The maximum atomic E-state index is 11.9. The second-order valence-corrected chi connectivity index (χ2v) is 4.37. The smallest absolute Gasteiger partial charge is 0.341 e. The Morgan fingerprint density at radius 3 is 2.82 bits per heavy atom. The fourth-order valence-corrected chi connectivity index (χ4v) is 2.02. The van der Waals surface area contributed by atoms with E-state index in [1.807, 2.05) is 0 Å². The summed E-state index contributed by atoms with van der Waals surface area (Å²) in [5, 5.41) is 0. The maximum absolute atomic E-state index is 11.9. The van der Waals surface area contributed by atoms with Crippen LogP contribution in [0, 0.1) is 0 Å². The number of esters is 1. The molecular formula is C15H13N3O4. The van der Waals surface area contributed by atoms with E-state index >= 15 is 0 Å². The predicted octanol–water partition coefficient (Wildman–Crippen LogP) is 2.55. The van der Waals surface area contributed by atoms with Crippen molar-refractivity contribution in [1.29, 1.82) is 0 Å². The number of nitrogens with one attached hydrogen (secondary N) is 1. The van der Waals surface area contributed by atoms with Crippen LogP contribution in [0.1, 0.15) is 10.4 Å². The van der Waals surface area contributed by atoms with Crippen molar-refractivity contribution in [3.63, 3.8) is 0 Å². The number of hydrogen-bond acceptors (Lipinski definition) is 6. The van der Waals surface area contributed by atoms with Crippen molar-refractivity contribution in [2.24, 2.45) is 0 Å². The van der Waals surface area contributed by atoms with Gasteiger partial charge in [-0.1, -0.05) is 0 Å². The number of aromatic nitrogens is 3. The van der Waals surface area contributed by atoms with Gasteiger partial charge in [0.25, 0.3) is 0 Å². The first-order valence-electron chi connectivity index (χ1n) is 6.45. The number of carbonyl (C=O) groups excluding carboxylic acids is 1. The molecule has 0 spiro atoms. The Labute approximate surface area is 125 Å². The molecule has 0 radical (unpaired) electrons. The van der Waals surface area contributed by atoms with Gasteiger partial charge in [-0.3, -0.25) is 0 Å². The average molecular weight is 299 g/mol. The summed E-state index contributed by atoms with van der Waals surface area (Å²) in [6.45, 7) is 0. The number of carbonyl (C=O) groups is 1. The molecule has 1 N–H and O–H groups in total. The van der Waals surface area contributed by atoms with E-state index in [1.54, 1.807) is 30.5 Å². The molecule has 0 aliphatic carbocycles. The third-order valence-corrected chi connectivity index (χ3v) is 3.11. The summed E-state index contributed by atoms with van der Waals surface area (Å²) in [6.07, 6.45) is 3.13. The summed E-state index contributed by atoms with van der Waals surface area (Å²) in [5.41, 5.74) is 1.62. The monoisotopic (exact) mass is 299 g/mol. The molecule has 0 saturated heterocycles. The molecular weight excluding hydrogens is 286 g/mol. The Morgan fingerprint density at radius 1 is 1.18 bits per heavy atom. The Balaban J connectivity index is 2.04. The molecule has 7 nitrogen and oxygen atoms in total. The molecule has 7 heteroatoms. The molecule has 0 aliphatic heterocycles. The topological polar surface area (TPSA) is 86.3 Å². The van der Waals surface area contributed by atoms with Gasteiger partial charge in [-0.15, -0.1) is 0 Å². The average Bonchev–Trinajstić information content (AvgIpc) is 3.04. The van der Waals surface area contributed by atoms with Crippen molar-refractivity contribution in [1.82, 2.24) is 15.0 Å². The van der Waals surface area contributed by atoms with Crippen LogP contribution in [0.2, 0.25) is 0 Å². The lowest BCUT2D eigenvalue weighted by Crippen LogP contribution is -2.05. The molecule has 1 aromatic carbocycles. The zero-order valence-electron chi connectivity index (χ0n) is 12.0. The van der Waals surface area contributed by atoms with E-state index in [2.05, 4.69) is 15.0 Å². The standard InChI is InChI=1S/C15H13N3O4/c1-20-9-3-4-12(10(7-9)15(19)21-2)22-14-13-11(5-6-16-13)17-8-18-14/h3-8,16H,1-2H3. The second-order valence-electron chi connectivity index (χ2n) is 4.37. The Morgan fingerprint density at radius 2 is 2.05 bits per heavy atom. The summed E-state index contributed by atoms with van der Waals surface area (Å²) in [4.78, 5) is 23.1. The number of ether oxygens (including phenoxy) is 3. The van der Waals surface area contributed by atoms with Crippen LogP contribution in [0.4, 0.5) is 0 Å². The number of H-pyrrole nitrogens is 1. The predicted molar refractivity (Wildman–Crippen MR) is 78.3 cm³/mol. The summed E-state index contributed by atoms with van der Waals surface area (Å²) in [7, 11) is 2.82. The fraction of sp³-hybridized carbons (Fsp3) is 0.133. The highest BCUT2D eigenvalue weighted by Crippen LogP contribution is 2.30. The lowest BCUT2D eigenvalue weighted by Gasteiger charge is -2.11. The van der Waals surface area contributed by atoms with Crippen LogP contribution in [-0.2, 0) is 4.74 Å². The van der Waals surface area contributed by atoms with E-state index in [0.29, 0.717) is 22.9 Å². The van der Waals surface area contributed by atoms with Crippen LogP contribution in [0.15, 0.2) is 36.8 Å². The number of nitrogens with zero attached hydrogens (tertiary/aromatic N) is 2. The molecule has 0 atom stereocenters. The lowest BCUT2D eigenvalue weighted by molar-refractivity contribution is 0.0597. The first kappa shape index (κ1) is 13.9. The summed E-state index contributed by atoms with van der Waals surface area (Å²) >= 11 is 0. The summed E-state index contributed by atoms with van der Waals surface area (Å²) in [5.74, 6) is 0.652. The van der Waals surface area contributed by atoms with Crippen LogP contribution < -0.4 is 9.47 Å². The third-order valence-electron chi connectivity index (χ3n) is 3.11. The zero-order valence-corrected chi connectivity index (χ0v) is 12.0. The Kier molecular flexibility index (Phi) is 3.61. The minimum absolute atomic E-state index is 0.250. The molecule has 0 saturated carbocycles. The molecule has 22 heavy (non-hydrogen) atoms. The van der Waals surface area contributed by atoms with Gasteiger partial charge in [-0.05, 0) is 24.3 Å². The number of rotatable bonds is 4. The SMILES string of the molecule is COC(=O)c1cc(OC)ccc1Oc1ncnc2cc[nH]c12. The molecule has 0 bridgehead atoms. The molecule has 2 heterocycles. The van der Waals surface area contributed by atoms with Crippen molar-refractivity contribution in [2.45, 2.75) is 0 Å². The van der Waals surface area contributed by atoms with Crippen LogP contribution >= 0.6 is 0 Å². The van der Waals surface area contributed by atoms with Gasteiger partial charge in [0, 0.05) is 6.20 Å². The first-order chi connectivity index (χ1) is 10.7. The number of hydrogen-bond donors (Lipinski definition) is 1. The summed E-state index contributed by atoms with van der Waals surface area (Å²) < 4.78 is 15.7. The molecule has 3 rings (SSSR count). The third kappa shape index (κ3) is 2.44. The molecule has 2 aromatic heterocycles. The quantitative estimate of drug-likeness (QED) is 0.745. The largest absolute Gasteiger partial charge is 0.497 e. The lowest BCUT2D eigenvalue weighted by atomic mass is 10.2. The van der Waals surface area contributed by atoms with E-state index in [0.717, 1.165) is 5.52 Å². The maximum Gasteiger partial charge on any atom is 0.341 e. The first-order valence-corrected chi connectivity index (χ1v) is 6.45. The number of benzene rings is 1. The molecule has 0 amide bonds. The Bertz CT molecular complexity index is 829.